The molecule has 0 aliphatic carbocycles. The Balaban J connectivity index is 2.54. The minimum absolute atomic E-state index is 0.339. The Kier molecular flexibility index (Phi) is 2.74. The highest BCUT2D eigenvalue weighted by atomic mass is 15.0. The third-order valence-electron chi connectivity index (χ3n) is 2.04. The lowest BCUT2D eigenvalue weighted by Crippen LogP contribution is -1.98. The van der Waals surface area contributed by atoms with E-state index in [4.69, 9.17) is 5.26 Å². The van der Waals surface area contributed by atoms with Crippen LogP contribution in [0.2, 0.25) is 0 Å². The van der Waals surface area contributed by atoms with E-state index in [1.54, 1.807) is 37.6 Å². The minimum atomic E-state index is 0.339. The van der Waals surface area contributed by atoms with Crippen LogP contribution >= 0.6 is 0 Å². The van der Waals surface area contributed by atoms with Gasteiger partial charge in [-0.15, -0.1) is 0 Å². The maximum atomic E-state index is 8.85. The van der Waals surface area contributed by atoms with Gasteiger partial charge in [-0.2, -0.15) is 5.26 Å². The van der Waals surface area contributed by atoms with E-state index in [9.17, 15) is 0 Å². The Morgan fingerprint density at radius 1 is 1.25 bits per heavy atom. The summed E-state index contributed by atoms with van der Waals surface area (Å²) in [5.74, 6) is 1.14. The Hall–Kier alpha value is -2.48. The quantitative estimate of drug-likeness (QED) is 0.813. The van der Waals surface area contributed by atoms with Crippen molar-refractivity contribution in [1.82, 2.24) is 15.0 Å². The molecule has 0 spiro atoms. The first-order valence-corrected chi connectivity index (χ1v) is 4.71. The summed E-state index contributed by atoms with van der Waals surface area (Å²) in [5.41, 5.74) is 1.18. The molecule has 0 bridgehead atoms. The number of nitriles is 1. The molecule has 0 amide bonds. The van der Waals surface area contributed by atoms with Crippen LogP contribution in [0.3, 0.4) is 0 Å². The van der Waals surface area contributed by atoms with Crippen molar-refractivity contribution in [3.8, 4) is 17.5 Å². The van der Waals surface area contributed by atoms with E-state index in [0.717, 1.165) is 5.56 Å². The highest BCUT2D eigenvalue weighted by Gasteiger charge is 2.05. The van der Waals surface area contributed by atoms with Crippen molar-refractivity contribution in [2.24, 2.45) is 0 Å². The van der Waals surface area contributed by atoms with Gasteiger partial charge in [0.25, 0.3) is 0 Å². The normalized spacial score (nSPS) is 9.50. The molecule has 0 saturated carbocycles. The molecule has 0 atom stereocenters. The van der Waals surface area contributed by atoms with Crippen LogP contribution in [0.4, 0.5) is 5.82 Å². The lowest BCUT2D eigenvalue weighted by Gasteiger charge is -2.03. The topological polar surface area (TPSA) is 74.5 Å². The summed E-state index contributed by atoms with van der Waals surface area (Å²) in [4.78, 5) is 12.3. The van der Waals surface area contributed by atoms with Crippen LogP contribution in [0.1, 0.15) is 5.69 Å². The third-order valence-corrected chi connectivity index (χ3v) is 2.04. The zero-order valence-corrected chi connectivity index (χ0v) is 8.68. The van der Waals surface area contributed by atoms with Crippen LogP contribution in [0.25, 0.3) is 11.4 Å². The van der Waals surface area contributed by atoms with Gasteiger partial charge in [-0.1, -0.05) is 0 Å². The molecule has 2 heterocycles. The van der Waals surface area contributed by atoms with E-state index < -0.39 is 0 Å². The molecule has 2 rings (SSSR count). The molecular formula is C11H9N5. The van der Waals surface area contributed by atoms with Crippen molar-refractivity contribution < 1.29 is 0 Å². The molecule has 78 valence electrons. The fourth-order valence-electron chi connectivity index (χ4n) is 1.26. The van der Waals surface area contributed by atoms with Crippen LogP contribution in [-0.2, 0) is 0 Å². The number of aromatic nitrogens is 3. The van der Waals surface area contributed by atoms with Gasteiger partial charge in [-0.25, -0.2) is 9.97 Å². The van der Waals surface area contributed by atoms with Crippen LogP contribution in [-0.4, -0.2) is 22.0 Å². The average molecular weight is 211 g/mol. The van der Waals surface area contributed by atoms with Crippen molar-refractivity contribution in [2.75, 3.05) is 12.4 Å². The van der Waals surface area contributed by atoms with E-state index in [1.165, 1.54) is 0 Å². The van der Waals surface area contributed by atoms with E-state index in [-0.39, 0.29) is 0 Å². The molecule has 0 aliphatic heterocycles. The summed E-state index contributed by atoms with van der Waals surface area (Å²) < 4.78 is 0. The fourth-order valence-corrected chi connectivity index (χ4v) is 1.26. The van der Waals surface area contributed by atoms with Gasteiger partial charge < -0.3 is 5.32 Å². The number of hydrogen-bond acceptors (Lipinski definition) is 5. The van der Waals surface area contributed by atoms with E-state index in [1.807, 2.05) is 6.07 Å². The first-order chi connectivity index (χ1) is 7.83. The molecule has 0 unspecified atom stereocenters. The fraction of sp³-hybridized carbons (Fsp3) is 0.0909. The van der Waals surface area contributed by atoms with Crippen molar-refractivity contribution in [1.29, 1.82) is 5.26 Å². The van der Waals surface area contributed by atoms with E-state index >= 15 is 0 Å². The first-order valence-electron chi connectivity index (χ1n) is 4.71. The van der Waals surface area contributed by atoms with Crippen LogP contribution in [0.5, 0.6) is 0 Å². The van der Waals surface area contributed by atoms with Gasteiger partial charge in [-0.3, -0.25) is 4.98 Å². The van der Waals surface area contributed by atoms with Crippen LogP contribution < -0.4 is 5.32 Å². The van der Waals surface area contributed by atoms with Crippen molar-refractivity contribution in [3.63, 3.8) is 0 Å². The van der Waals surface area contributed by atoms with Crippen molar-refractivity contribution in [3.05, 3.63) is 36.3 Å². The van der Waals surface area contributed by atoms with Gasteiger partial charge in [0.15, 0.2) is 5.82 Å². The molecule has 0 fully saturated rings. The molecule has 0 saturated heterocycles. The SMILES string of the molecule is CNc1cc(C#N)nc(-c2ccncc2)n1. The van der Waals surface area contributed by atoms with Crippen LogP contribution in [0, 0.1) is 11.3 Å². The van der Waals surface area contributed by atoms with Gasteiger partial charge >= 0.3 is 0 Å². The lowest BCUT2D eigenvalue weighted by molar-refractivity contribution is 1.14. The maximum absolute atomic E-state index is 8.85. The molecule has 2 aromatic heterocycles. The van der Waals surface area contributed by atoms with Gasteiger partial charge in [-0.05, 0) is 12.1 Å². The Labute approximate surface area is 92.8 Å². The predicted molar refractivity (Wildman–Crippen MR) is 59.5 cm³/mol. The Morgan fingerprint density at radius 2 is 2.00 bits per heavy atom. The molecule has 16 heavy (non-hydrogen) atoms. The minimum Gasteiger partial charge on any atom is -0.373 e. The average Bonchev–Trinajstić information content (AvgIpc) is 2.39. The number of pyridine rings is 1. The standard InChI is InChI=1S/C11H9N5/c1-13-10-6-9(7-12)15-11(16-10)8-2-4-14-5-3-8/h2-6H,1H3,(H,13,15,16). The molecule has 2 aromatic rings. The van der Waals surface area contributed by atoms with Gasteiger partial charge in [0.2, 0.25) is 0 Å². The van der Waals surface area contributed by atoms with Crippen LogP contribution in [0.15, 0.2) is 30.6 Å². The zero-order valence-electron chi connectivity index (χ0n) is 8.68. The van der Waals surface area contributed by atoms with Crippen molar-refractivity contribution >= 4 is 5.82 Å². The van der Waals surface area contributed by atoms with Gasteiger partial charge in [0.05, 0.1) is 0 Å². The molecule has 0 aromatic carbocycles. The summed E-state index contributed by atoms with van der Waals surface area (Å²) in [6.45, 7) is 0. The third kappa shape index (κ3) is 1.96. The molecule has 5 heteroatoms. The number of nitrogens with zero attached hydrogens (tertiary/aromatic N) is 4. The molecule has 0 radical (unpaired) electrons. The van der Waals surface area contributed by atoms with E-state index in [0.29, 0.717) is 17.3 Å². The first kappa shape index (κ1) is 10.1. The number of rotatable bonds is 2. The monoisotopic (exact) mass is 211 g/mol. The zero-order chi connectivity index (χ0) is 11.4. The van der Waals surface area contributed by atoms with Crippen molar-refractivity contribution in [2.45, 2.75) is 0 Å². The summed E-state index contributed by atoms with van der Waals surface area (Å²) in [6.07, 6.45) is 3.33. The predicted octanol–water partition coefficient (Wildman–Crippen LogP) is 1.45. The molecule has 1 N–H and O–H groups in total. The summed E-state index contributed by atoms with van der Waals surface area (Å²) in [7, 11) is 1.75. The number of anilines is 1. The largest absolute Gasteiger partial charge is 0.373 e. The lowest BCUT2D eigenvalue weighted by atomic mass is 10.2. The second-order valence-electron chi connectivity index (χ2n) is 3.06. The molecule has 5 nitrogen and oxygen atoms in total. The summed E-state index contributed by atoms with van der Waals surface area (Å²) >= 11 is 0. The molecule has 0 aliphatic rings. The highest BCUT2D eigenvalue weighted by molar-refractivity contribution is 5.57. The smallest absolute Gasteiger partial charge is 0.163 e. The maximum Gasteiger partial charge on any atom is 0.163 e. The number of hydrogen-bond donors (Lipinski definition) is 1. The summed E-state index contributed by atoms with van der Waals surface area (Å²) in [6, 6.07) is 7.21. The Bertz CT molecular complexity index is 530. The summed E-state index contributed by atoms with van der Waals surface area (Å²) in [5, 5.41) is 11.7. The highest BCUT2D eigenvalue weighted by Crippen LogP contribution is 2.16. The van der Waals surface area contributed by atoms with E-state index in [2.05, 4.69) is 20.3 Å². The van der Waals surface area contributed by atoms with Gasteiger partial charge in [0.1, 0.15) is 17.6 Å². The molecular weight excluding hydrogens is 202 g/mol. The second-order valence-corrected chi connectivity index (χ2v) is 3.06. The second kappa shape index (κ2) is 4.36. The number of nitrogens with one attached hydrogen (secondary N) is 1. The Morgan fingerprint density at radius 3 is 2.62 bits per heavy atom. The van der Waals surface area contributed by atoms with Gasteiger partial charge in [0, 0.05) is 31.1 Å².